The maximum absolute atomic E-state index is 3.45. The summed E-state index contributed by atoms with van der Waals surface area (Å²) in [5, 5.41) is 3.45. The fourth-order valence-corrected chi connectivity index (χ4v) is 2.37. The smallest absolute Gasteiger partial charge is 0.00762 e. The number of unbranched alkanes of at least 4 members (excludes halogenated alkanes) is 7. The molecule has 0 fully saturated rings. The number of hydrogen-bond donors (Lipinski definition) is 1. The minimum Gasteiger partial charge on any atom is -0.317 e. The molecule has 1 N–H and O–H groups in total. The number of hydrogen-bond acceptors (Lipinski definition) is 2. The molecule has 0 saturated carbocycles. The van der Waals surface area contributed by atoms with Gasteiger partial charge in [-0.25, -0.2) is 0 Å². The second-order valence-electron chi connectivity index (χ2n) is 5.84. The molecule has 110 valence electrons. The van der Waals surface area contributed by atoms with Crippen LogP contribution in [0.3, 0.4) is 0 Å². The Morgan fingerprint density at radius 3 is 1.89 bits per heavy atom. The first kappa shape index (κ1) is 17.9. The Morgan fingerprint density at radius 2 is 1.39 bits per heavy atom. The van der Waals surface area contributed by atoms with Gasteiger partial charge in [0, 0.05) is 6.04 Å². The average Bonchev–Trinajstić information content (AvgIpc) is 2.36. The highest BCUT2D eigenvalue weighted by Gasteiger charge is 2.05. The lowest BCUT2D eigenvalue weighted by Gasteiger charge is -2.18. The molecule has 0 rings (SSSR count). The lowest BCUT2D eigenvalue weighted by atomic mass is 10.0. The van der Waals surface area contributed by atoms with Crippen LogP contribution < -0.4 is 5.32 Å². The summed E-state index contributed by atoms with van der Waals surface area (Å²) in [5.41, 5.74) is 0. The van der Waals surface area contributed by atoms with E-state index in [1.54, 1.807) is 0 Å². The zero-order valence-electron chi connectivity index (χ0n) is 13.3. The molecular weight excluding hydrogens is 220 g/mol. The molecule has 0 bridgehead atoms. The Bertz CT molecular complexity index is 157. The quantitative estimate of drug-likeness (QED) is 0.500. The van der Waals surface area contributed by atoms with E-state index in [0.29, 0.717) is 6.04 Å². The van der Waals surface area contributed by atoms with Crippen LogP contribution in [0, 0.1) is 0 Å². The molecule has 0 aliphatic rings. The van der Waals surface area contributed by atoms with E-state index in [0.717, 1.165) is 0 Å². The Balaban J connectivity index is 3.28. The van der Waals surface area contributed by atoms with Gasteiger partial charge in [-0.15, -0.1) is 0 Å². The van der Waals surface area contributed by atoms with Crippen molar-refractivity contribution in [2.75, 3.05) is 27.7 Å². The minimum absolute atomic E-state index is 0.715. The molecule has 2 nitrogen and oxygen atoms in total. The Labute approximate surface area is 116 Å². The van der Waals surface area contributed by atoms with Crippen LogP contribution in [0.5, 0.6) is 0 Å². The van der Waals surface area contributed by atoms with Crippen molar-refractivity contribution in [3.8, 4) is 0 Å². The molecule has 0 saturated heterocycles. The third-order valence-electron chi connectivity index (χ3n) is 3.74. The number of rotatable bonds is 13. The van der Waals surface area contributed by atoms with E-state index in [4.69, 9.17) is 0 Å². The lowest BCUT2D eigenvalue weighted by Crippen LogP contribution is -2.29. The summed E-state index contributed by atoms with van der Waals surface area (Å²) >= 11 is 0. The van der Waals surface area contributed by atoms with Gasteiger partial charge >= 0.3 is 0 Å². The molecule has 0 aliphatic carbocycles. The molecule has 0 spiro atoms. The molecule has 1 unspecified atom stereocenters. The fraction of sp³-hybridized carbons (Fsp3) is 1.00. The third-order valence-corrected chi connectivity index (χ3v) is 3.74. The van der Waals surface area contributed by atoms with Crippen molar-refractivity contribution in [2.45, 2.75) is 77.2 Å². The number of nitrogens with zero attached hydrogens (tertiary/aromatic N) is 1. The summed E-state index contributed by atoms with van der Waals surface area (Å²) in [4.78, 5) is 2.28. The normalized spacial score (nSPS) is 13.2. The first-order chi connectivity index (χ1) is 8.70. The lowest BCUT2D eigenvalue weighted by molar-refractivity contribution is 0.352. The molecule has 0 aromatic heterocycles. The summed E-state index contributed by atoms with van der Waals surface area (Å²) in [7, 11) is 6.41. The van der Waals surface area contributed by atoms with Crippen LogP contribution in [0.1, 0.15) is 71.1 Å². The summed E-state index contributed by atoms with van der Waals surface area (Å²) in [5.74, 6) is 0. The highest BCUT2D eigenvalue weighted by Crippen LogP contribution is 2.11. The van der Waals surface area contributed by atoms with Crippen molar-refractivity contribution in [3.05, 3.63) is 0 Å². The van der Waals surface area contributed by atoms with Gasteiger partial charge in [0.2, 0.25) is 0 Å². The van der Waals surface area contributed by atoms with E-state index in [1.807, 2.05) is 0 Å². The van der Waals surface area contributed by atoms with Gasteiger partial charge in [-0.2, -0.15) is 0 Å². The first-order valence-corrected chi connectivity index (χ1v) is 8.02. The molecule has 0 amide bonds. The van der Waals surface area contributed by atoms with Crippen molar-refractivity contribution in [3.63, 3.8) is 0 Å². The van der Waals surface area contributed by atoms with Gasteiger partial charge in [-0.05, 0) is 40.5 Å². The van der Waals surface area contributed by atoms with Crippen molar-refractivity contribution in [1.82, 2.24) is 10.2 Å². The molecule has 0 radical (unpaired) electrons. The summed E-state index contributed by atoms with van der Waals surface area (Å²) in [6.07, 6.45) is 14.0. The Morgan fingerprint density at radius 1 is 0.833 bits per heavy atom. The van der Waals surface area contributed by atoms with E-state index in [2.05, 4.69) is 38.3 Å². The predicted octanol–water partition coefficient (Wildman–Crippen LogP) is 4.06. The van der Waals surface area contributed by atoms with Gasteiger partial charge in [0.15, 0.2) is 0 Å². The van der Waals surface area contributed by atoms with Gasteiger partial charge in [0.1, 0.15) is 0 Å². The van der Waals surface area contributed by atoms with Gasteiger partial charge in [-0.1, -0.05) is 58.3 Å². The fourth-order valence-electron chi connectivity index (χ4n) is 2.37. The molecule has 18 heavy (non-hydrogen) atoms. The third kappa shape index (κ3) is 12.4. The molecule has 1 atom stereocenters. The van der Waals surface area contributed by atoms with Crippen LogP contribution in [-0.2, 0) is 0 Å². The number of nitrogens with one attached hydrogen (secondary N) is 1. The molecule has 0 aliphatic heterocycles. The molecule has 0 aromatic carbocycles. The van der Waals surface area contributed by atoms with Crippen molar-refractivity contribution < 1.29 is 0 Å². The minimum atomic E-state index is 0.715. The highest BCUT2D eigenvalue weighted by molar-refractivity contribution is 4.66. The monoisotopic (exact) mass is 256 g/mol. The zero-order valence-corrected chi connectivity index (χ0v) is 13.3. The van der Waals surface area contributed by atoms with Crippen molar-refractivity contribution in [1.29, 1.82) is 0 Å². The predicted molar refractivity (Wildman–Crippen MR) is 83.2 cm³/mol. The van der Waals surface area contributed by atoms with Crippen LogP contribution in [0.15, 0.2) is 0 Å². The van der Waals surface area contributed by atoms with Crippen LogP contribution in [-0.4, -0.2) is 38.6 Å². The van der Waals surface area contributed by atoms with Crippen LogP contribution in [0.4, 0.5) is 0 Å². The van der Waals surface area contributed by atoms with Gasteiger partial charge < -0.3 is 10.2 Å². The van der Waals surface area contributed by atoms with Crippen molar-refractivity contribution >= 4 is 0 Å². The maximum atomic E-state index is 3.45. The van der Waals surface area contributed by atoms with Crippen molar-refractivity contribution in [2.24, 2.45) is 0 Å². The topological polar surface area (TPSA) is 15.3 Å². The largest absolute Gasteiger partial charge is 0.317 e. The van der Waals surface area contributed by atoms with Gasteiger partial charge in [-0.3, -0.25) is 0 Å². The molecular formula is C16H36N2. The first-order valence-electron chi connectivity index (χ1n) is 8.02. The van der Waals surface area contributed by atoms with Gasteiger partial charge in [0.25, 0.3) is 0 Å². The van der Waals surface area contributed by atoms with E-state index in [1.165, 1.54) is 70.8 Å². The molecule has 0 heterocycles. The highest BCUT2D eigenvalue weighted by atomic mass is 15.1. The van der Waals surface area contributed by atoms with E-state index < -0.39 is 0 Å². The molecule has 0 aromatic rings. The van der Waals surface area contributed by atoms with Crippen LogP contribution in [0.2, 0.25) is 0 Å². The van der Waals surface area contributed by atoms with Crippen LogP contribution in [0.25, 0.3) is 0 Å². The average molecular weight is 256 g/mol. The Hall–Kier alpha value is -0.0800. The Kier molecular flexibility index (Phi) is 13.3. The standard InChI is InChI=1S/C16H36N2/c1-5-6-7-8-9-10-11-12-13-16(17-2)14-15-18(3)4/h16-17H,5-15H2,1-4H3. The summed E-state index contributed by atoms with van der Waals surface area (Å²) in [6, 6.07) is 0.715. The SMILES string of the molecule is CCCCCCCCCCC(CCN(C)C)NC. The van der Waals surface area contributed by atoms with E-state index >= 15 is 0 Å². The molecule has 2 heteroatoms. The summed E-state index contributed by atoms with van der Waals surface area (Å²) in [6.45, 7) is 3.48. The second kappa shape index (κ2) is 13.4. The van der Waals surface area contributed by atoms with Crippen LogP contribution >= 0.6 is 0 Å². The summed E-state index contributed by atoms with van der Waals surface area (Å²) < 4.78 is 0. The zero-order chi connectivity index (χ0) is 13.6. The van der Waals surface area contributed by atoms with Gasteiger partial charge in [0.05, 0.1) is 0 Å². The maximum Gasteiger partial charge on any atom is 0.00762 e. The second-order valence-corrected chi connectivity index (χ2v) is 5.84. The van der Waals surface area contributed by atoms with E-state index in [-0.39, 0.29) is 0 Å². The van der Waals surface area contributed by atoms with E-state index in [9.17, 15) is 0 Å².